The van der Waals surface area contributed by atoms with E-state index in [2.05, 4.69) is 20.8 Å². The summed E-state index contributed by atoms with van der Waals surface area (Å²) in [4.78, 5) is 4.17. The summed E-state index contributed by atoms with van der Waals surface area (Å²) >= 11 is 0. The van der Waals surface area contributed by atoms with Crippen LogP contribution in [0.5, 0.6) is 0 Å². The molecule has 0 amide bonds. The lowest BCUT2D eigenvalue weighted by molar-refractivity contribution is 0.374. The van der Waals surface area contributed by atoms with E-state index in [1.807, 2.05) is 26.0 Å². The van der Waals surface area contributed by atoms with Gasteiger partial charge in [0.15, 0.2) is 11.7 Å². The number of aliphatic imine (C=N–C) groups is 1. The molecular weight excluding hydrogens is 295 g/mol. The molecule has 6 heteroatoms. The summed E-state index contributed by atoms with van der Waals surface area (Å²) in [6, 6.07) is 7.08. The lowest BCUT2D eigenvalue weighted by Crippen LogP contribution is -2.38. The maximum Gasteiger partial charge on any atom is 0.191 e. The van der Waals surface area contributed by atoms with Gasteiger partial charge >= 0.3 is 0 Å². The van der Waals surface area contributed by atoms with Crippen molar-refractivity contribution >= 4 is 5.96 Å². The molecule has 1 unspecified atom stereocenters. The fourth-order valence-corrected chi connectivity index (χ4v) is 2.14. The molecule has 1 heterocycles. The summed E-state index contributed by atoms with van der Waals surface area (Å²) in [5.41, 5.74) is 2.43. The lowest BCUT2D eigenvalue weighted by Gasteiger charge is -2.18. The number of aryl methyl sites for hydroxylation is 2. The lowest BCUT2D eigenvalue weighted by atomic mass is 10.1. The number of nitrogens with one attached hydrogen (secondary N) is 2. The third kappa shape index (κ3) is 4.55. The molecular formula is C17H23FN4O. The molecule has 0 aliphatic heterocycles. The number of nitrogens with zero attached hydrogens (tertiary/aromatic N) is 2. The van der Waals surface area contributed by atoms with Gasteiger partial charge in [0, 0.05) is 13.1 Å². The van der Waals surface area contributed by atoms with Gasteiger partial charge in [0.1, 0.15) is 5.82 Å². The van der Waals surface area contributed by atoms with Crippen LogP contribution >= 0.6 is 0 Å². The van der Waals surface area contributed by atoms with Crippen molar-refractivity contribution in [3.05, 3.63) is 52.7 Å². The van der Waals surface area contributed by atoms with Crippen LogP contribution in [0.1, 0.15) is 42.5 Å². The second-order valence-electron chi connectivity index (χ2n) is 5.44. The number of rotatable bonds is 5. The first-order valence-corrected chi connectivity index (χ1v) is 7.71. The Bertz CT molecular complexity index is 681. The predicted molar refractivity (Wildman–Crippen MR) is 88.8 cm³/mol. The van der Waals surface area contributed by atoms with Crippen molar-refractivity contribution in [3.8, 4) is 0 Å². The van der Waals surface area contributed by atoms with Gasteiger partial charge in [0.25, 0.3) is 0 Å². The van der Waals surface area contributed by atoms with E-state index in [1.165, 1.54) is 0 Å². The third-order valence-corrected chi connectivity index (χ3v) is 3.67. The van der Waals surface area contributed by atoms with E-state index < -0.39 is 0 Å². The molecule has 1 atom stereocenters. The number of hydrogen-bond donors (Lipinski definition) is 2. The summed E-state index contributed by atoms with van der Waals surface area (Å²) in [5, 5.41) is 10.3. The Hall–Kier alpha value is -2.37. The van der Waals surface area contributed by atoms with Crippen molar-refractivity contribution < 1.29 is 8.91 Å². The average molecular weight is 318 g/mol. The van der Waals surface area contributed by atoms with E-state index in [0.717, 1.165) is 23.4 Å². The predicted octanol–water partition coefficient (Wildman–Crippen LogP) is 3.11. The molecule has 0 saturated carbocycles. The zero-order chi connectivity index (χ0) is 16.8. The highest BCUT2D eigenvalue weighted by Gasteiger charge is 2.10. The Morgan fingerprint density at radius 3 is 2.78 bits per heavy atom. The van der Waals surface area contributed by atoms with Gasteiger partial charge in [0.05, 0.1) is 18.3 Å². The van der Waals surface area contributed by atoms with E-state index in [9.17, 15) is 4.39 Å². The minimum absolute atomic E-state index is 0.0720. The molecule has 124 valence electrons. The standard InChI is InChI=1S/C17H23FN4O/c1-5-14-9-15(23-22-14)10-20-17(19-4)21-12(3)13-7-6-11(2)16(18)8-13/h6-9,12H,5,10H2,1-4H3,(H2,19,20,21). The maximum atomic E-state index is 13.7. The zero-order valence-corrected chi connectivity index (χ0v) is 14.0. The Morgan fingerprint density at radius 2 is 2.17 bits per heavy atom. The van der Waals surface area contributed by atoms with Crippen molar-refractivity contribution in [2.24, 2.45) is 4.99 Å². The Labute approximate surface area is 136 Å². The highest BCUT2D eigenvalue weighted by molar-refractivity contribution is 5.80. The molecule has 0 fully saturated rings. The zero-order valence-electron chi connectivity index (χ0n) is 14.0. The number of guanidine groups is 1. The van der Waals surface area contributed by atoms with Crippen LogP contribution < -0.4 is 10.6 Å². The molecule has 0 aliphatic rings. The smallest absolute Gasteiger partial charge is 0.191 e. The molecule has 1 aromatic carbocycles. The van der Waals surface area contributed by atoms with Gasteiger partial charge < -0.3 is 15.2 Å². The highest BCUT2D eigenvalue weighted by Crippen LogP contribution is 2.16. The van der Waals surface area contributed by atoms with Gasteiger partial charge in [-0.25, -0.2) is 4.39 Å². The molecule has 2 N–H and O–H groups in total. The average Bonchev–Trinajstić information content (AvgIpc) is 3.01. The third-order valence-electron chi connectivity index (χ3n) is 3.67. The first kappa shape index (κ1) is 17.0. The quantitative estimate of drug-likeness (QED) is 0.657. The minimum atomic E-state index is -0.201. The van der Waals surface area contributed by atoms with Gasteiger partial charge in [-0.05, 0) is 37.5 Å². The summed E-state index contributed by atoms with van der Waals surface area (Å²) in [6.07, 6.45) is 0.840. The molecule has 0 radical (unpaired) electrons. The van der Waals surface area contributed by atoms with Crippen molar-refractivity contribution in [2.45, 2.75) is 39.8 Å². The summed E-state index contributed by atoms with van der Waals surface area (Å²) in [6.45, 7) is 6.22. The maximum absolute atomic E-state index is 13.7. The normalized spacial score (nSPS) is 13.0. The number of halogens is 1. The van der Waals surface area contributed by atoms with Crippen LogP contribution in [0, 0.1) is 12.7 Å². The first-order valence-electron chi connectivity index (χ1n) is 7.71. The minimum Gasteiger partial charge on any atom is -0.359 e. The van der Waals surface area contributed by atoms with Crippen LogP contribution in [-0.2, 0) is 13.0 Å². The van der Waals surface area contributed by atoms with Crippen LogP contribution in [0.2, 0.25) is 0 Å². The van der Waals surface area contributed by atoms with Crippen LogP contribution in [0.15, 0.2) is 33.8 Å². The molecule has 2 aromatic rings. The molecule has 0 spiro atoms. The van der Waals surface area contributed by atoms with Crippen LogP contribution in [0.3, 0.4) is 0 Å². The summed E-state index contributed by atoms with van der Waals surface area (Å²) in [7, 11) is 1.69. The fourth-order valence-electron chi connectivity index (χ4n) is 2.14. The van der Waals surface area contributed by atoms with Crippen LogP contribution in [0.4, 0.5) is 4.39 Å². The van der Waals surface area contributed by atoms with Crippen molar-refractivity contribution in [2.75, 3.05) is 7.05 Å². The number of aromatic nitrogens is 1. The fraction of sp³-hybridized carbons (Fsp3) is 0.412. The molecule has 0 saturated heterocycles. The Kier molecular flexibility index (Phi) is 5.73. The molecule has 2 rings (SSSR count). The van der Waals surface area contributed by atoms with Crippen molar-refractivity contribution in [3.63, 3.8) is 0 Å². The molecule has 5 nitrogen and oxygen atoms in total. The van der Waals surface area contributed by atoms with Gasteiger partial charge in [-0.3, -0.25) is 4.99 Å². The van der Waals surface area contributed by atoms with Gasteiger partial charge in [-0.2, -0.15) is 0 Å². The Morgan fingerprint density at radius 1 is 1.39 bits per heavy atom. The highest BCUT2D eigenvalue weighted by atomic mass is 19.1. The van der Waals surface area contributed by atoms with Crippen LogP contribution in [0.25, 0.3) is 0 Å². The summed E-state index contributed by atoms with van der Waals surface area (Å²) in [5.74, 6) is 1.17. The van der Waals surface area contributed by atoms with E-state index in [0.29, 0.717) is 18.1 Å². The summed E-state index contributed by atoms with van der Waals surface area (Å²) < 4.78 is 18.9. The van der Waals surface area contributed by atoms with Gasteiger partial charge in [-0.15, -0.1) is 0 Å². The van der Waals surface area contributed by atoms with Crippen LogP contribution in [-0.4, -0.2) is 18.2 Å². The number of hydrogen-bond acceptors (Lipinski definition) is 3. The molecule has 1 aromatic heterocycles. The van der Waals surface area contributed by atoms with Crippen molar-refractivity contribution in [1.82, 2.24) is 15.8 Å². The molecule has 23 heavy (non-hydrogen) atoms. The van der Waals surface area contributed by atoms with Crippen molar-refractivity contribution in [1.29, 1.82) is 0 Å². The SMILES string of the molecule is CCc1cc(CNC(=NC)NC(C)c2ccc(C)c(F)c2)on1. The van der Waals surface area contributed by atoms with E-state index in [1.54, 1.807) is 26.1 Å². The second kappa shape index (κ2) is 7.76. The van der Waals surface area contributed by atoms with Gasteiger partial charge in [0.2, 0.25) is 0 Å². The molecule has 0 aliphatic carbocycles. The van der Waals surface area contributed by atoms with E-state index >= 15 is 0 Å². The monoisotopic (exact) mass is 318 g/mol. The first-order chi connectivity index (χ1) is 11.0. The molecule has 0 bridgehead atoms. The van der Waals surface area contributed by atoms with E-state index in [-0.39, 0.29) is 11.9 Å². The Balaban J connectivity index is 1.94. The van der Waals surface area contributed by atoms with E-state index in [4.69, 9.17) is 4.52 Å². The largest absolute Gasteiger partial charge is 0.359 e. The number of benzene rings is 1. The van der Waals surface area contributed by atoms with Gasteiger partial charge in [-0.1, -0.05) is 24.2 Å². The second-order valence-corrected chi connectivity index (χ2v) is 5.44. The topological polar surface area (TPSA) is 62.5 Å².